The number of rotatable bonds is 9. The Bertz CT molecular complexity index is 96.7. The molecule has 15 heavy (non-hydrogen) atoms. The Hall–Kier alpha value is 0.430. The van der Waals surface area contributed by atoms with Crippen LogP contribution in [0.25, 0.3) is 0 Å². The van der Waals surface area contributed by atoms with E-state index in [2.05, 4.69) is 43.0 Å². The summed E-state index contributed by atoms with van der Waals surface area (Å²) in [6, 6.07) is 0. The quantitative estimate of drug-likeness (QED) is 0.251. The van der Waals surface area contributed by atoms with Gasteiger partial charge in [0.05, 0.1) is 0 Å². The van der Waals surface area contributed by atoms with Gasteiger partial charge in [0.1, 0.15) is 0 Å². The molecule has 1 nitrogen and oxygen atoms in total. The second-order valence-electron chi connectivity index (χ2n) is 3.47. The van der Waals surface area contributed by atoms with Crippen LogP contribution in [0.1, 0.15) is 52.4 Å². The maximum Gasteiger partial charge on any atom is 0.0466 e. The molecule has 0 aromatic rings. The van der Waals surface area contributed by atoms with Crippen LogP contribution >= 0.6 is 22.6 Å². The van der Waals surface area contributed by atoms with Crippen molar-refractivity contribution in [3.8, 4) is 0 Å². The van der Waals surface area contributed by atoms with E-state index in [9.17, 15) is 0 Å². The number of unbranched alkanes of at least 4 members (excludes halogenated alkanes) is 4. The van der Waals surface area contributed by atoms with E-state index in [1.165, 1.54) is 38.5 Å². The summed E-state index contributed by atoms with van der Waals surface area (Å²) in [6.07, 6.45) is 9.55. The molecule has 0 radical (unpaired) electrons. The van der Waals surface area contributed by atoms with Crippen molar-refractivity contribution in [3.05, 3.63) is 12.7 Å². The van der Waals surface area contributed by atoms with E-state index < -0.39 is 0 Å². The predicted molar refractivity (Wildman–Crippen MR) is 79.0 cm³/mol. The molecule has 0 bridgehead atoms. The largest absolute Gasteiger partial charge is 0.381 e. The maximum absolute atomic E-state index is 5.44. The Morgan fingerprint density at radius 1 is 1.00 bits per heavy atom. The van der Waals surface area contributed by atoms with Crippen LogP contribution in [0.4, 0.5) is 0 Å². The van der Waals surface area contributed by atoms with E-state index in [1.807, 2.05) is 6.08 Å². The number of ether oxygens (including phenoxy) is 1. The van der Waals surface area contributed by atoms with Gasteiger partial charge >= 0.3 is 0 Å². The average Bonchev–Trinajstić information content (AvgIpc) is 2.28. The van der Waals surface area contributed by atoms with Crippen LogP contribution in [-0.4, -0.2) is 17.6 Å². The molecule has 0 saturated heterocycles. The van der Waals surface area contributed by atoms with Crippen LogP contribution in [0.5, 0.6) is 0 Å². The topological polar surface area (TPSA) is 9.23 Å². The summed E-state index contributed by atoms with van der Waals surface area (Å²) in [6.45, 7) is 9.85. The summed E-state index contributed by atoms with van der Waals surface area (Å²) in [5.74, 6) is 0. The van der Waals surface area contributed by atoms with E-state index >= 15 is 0 Å². The van der Waals surface area contributed by atoms with E-state index in [-0.39, 0.29) is 0 Å². The minimum atomic E-state index is 0.970. The van der Waals surface area contributed by atoms with Crippen LogP contribution in [-0.2, 0) is 4.74 Å². The van der Waals surface area contributed by atoms with Gasteiger partial charge in [-0.15, -0.1) is 6.58 Å². The van der Waals surface area contributed by atoms with E-state index in [1.54, 1.807) is 0 Å². The SMILES string of the molecule is C=CCI.CCCCCOCCCCC. The Morgan fingerprint density at radius 3 is 1.67 bits per heavy atom. The number of hydrogen-bond acceptors (Lipinski definition) is 1. The minimum Gasteiger partial charge on any atom is -0.381 e. The molecule has 0 aliphatic heterocycles. The van der Waals surface area contributed by atoms with Crippen molar-refractivity contribution in [1.82, 2.24) is 0 Å². The third-order valence-corrected chi connectivity index (χ3v) is 2.52. The van der Waals surface area contributed by atoms with Crippen molar-refractivity contribution in [2.45, 2.75) is 52.4 Å². The molecular weight excluding hydrogens is 299 g/mol. The highest BCUT2D eigenvalue weighted by Crippen LogP contribution is 1.97. The number of halogens is 1. The highest BCUT2D eigenvalue weighted by Gasteiger charge is 1.88. The zero-order valence-electron chi connectivity index (χ0n) is 10.4. The van der Waals surface area contributed by atoms with Gasteiger partial charge in [-0.2, -0.15) is 0 Å². The highest BCUT2D eigenvalue weighted by molar-refractivity contribution is 14.1. The van der Waals surface area contributed by atoms with Crippen molar-refractivity contribution < 1.29 is 4.74 Å². The summed E-state index contributed by atoms with van der Waals surface area (Å²) >= 11 is 2.23. The van der Waals surface area contributed by atoms with Gasteiger partial charge in [0.25, 0.3) is 0 Å². The summed E-state index contributed by atoms with van der Waals surface area (Å²) in [4.78, 5) is 0. The predicted octanol–water partition coefficient (Wildman–Crippen LogP) is 4.99. The molecule has 0 N–H and O–H groups in total. The van der Waals surface area contributed by atoms with Gasteiger partial charge in [0, 0.05) is 17.6 Å². The Labute approximate surface area is 110 Å². The fraction of sp³-hybridized carbons (Fsp3) is 0.846. The van der Waals surface area contributed by atoms with Crippen LogP contribution in [0.2, 0.25) is 0 Å². The van der Waals surface area contributed by atoms with Crippen LogP contribution in [0.15, 0.2) is 12.7 Å². The maximum atomic E-state index is 5.44. The first-order chi connectivity index (χ1) is 7.33. The lowest BCUT2D eigenvalue weighted by Crippen LogP contribution is -1.96. The van der Waals surface area contributed by atoms with Gasteiger partial charge < -0.3 is 4.74 Å². The first kappa shape index (κ1) is 17.8. The molecule has 0 saturated carbocycles. The molecular formula is C13H27IO. The van der Waals surface area contributed by atoms with Gasteiger partial charge in [-0.1, -0.05) is 68.2 Å². The van der Waals surface area contributed by atoms with Crippen molar-refractivity contribution in [3.63, 3.8) is 0 Å². The Kier molecular flexibility index (Phi) is 23.7. The van der Waals surface area contributed by atoms with Gasteiger partial charge in [-0.25, -0.2) is 0 Å². The van der Waals surface area contributed by atoms with Gasteiger partial charge in [0.15, 0.2) is 0 Å². The van der Waals surface area contributed by atoms with Crippen LogP contribution < -0.4 is 0 Å². The molecule has 0 fully saturated rings. The fourth-order valence-electron chi connectivity index (χ4n) is 1.01. The van der Waals surface area contributed by atoms with E-state index in [0.29, 0.717) is 0 Å². The monoisotopic (exact) mass is 326 g/mol. The molecule has 2 heteroatoms. The minimum absolute atomic E-state index is 0.970. The normalized spacial score (nSPS) is 9.27. The van der Waals surface area contributed by atoms with Gasteiger partial charge in [-0.05, 0) is 12.8 Å². The van der Waals surface area contributed by atoms with Gasteiger partial charge in [-0.3, -0.25) is 0 Å². The molecule has 0 rings (SSSR count). The second kappa shape index (κ2) is 19.9. The standard InChI is InChI=1S/C10H22O.C3H5I/c1-3-5-7-9-11-10-8-6-4-2;1-2-3-4/h3-10H2,1-2H3;2H,1,3H2. The van der Waals surface area contributed by atoms with Crippen LogP contribution in [0.3, 0.4) is 0 Å². The lowest BCUT2D eigenvalue weighted by atomic mass is 10.2. The summed E-state index contributed by atoms with van der Waals surface area (Å²) < 4.78 is 6.49. The molecule has 0 aliphatic carbocycles. The summed E-state index contributed by atoms with van der Waals surface area (Å²) in [5.41, 5.74) is 0. The van der Waals surface area contributed by atoms with Crippen molar-refractivity contribution in [2.75, 3.05) is 17.6 Å². The molecule has 0 atom stereocenters. The Balaban J connectivity index is 0. The number of hydrogen-bond donors (Lipinski definition) is 0. The molecule has 0 aromatic heterocycles. The number of allylic oxidation sites excluding steroid dienone is 1. The van der Waals surface area contributed by atoms with Gasteiger partial charge in [0.2, 0.25) is 0 Å². The molecule has 0 spiro atoms. The Morgan fingerprint density at radius 2 is 1.40 bits per heavy atom. The average molecular weight is 326 g/mol. The third kappa shape index (κ3) is 25.1. The molecule has 0 aromatic carbocycles. The van der Waals surface area contributed by atoms with Crippen LogP contribution in [0, 0.1) is 0 Å². The molecule has 0 aliphatic rings. The zero-order chi connectivity index (χ0) is 11.8. The number of alkyl halides is 1. The summed E-state index contributed by atoms with van der Waals surface area (Å²) in [5, 5.41) is 0. The van der Waals surface area contributed by atoms with Crippen molar-refractivity contribution in [1.29, 1.82) is 0 Å². The van der Waals surface area contributed by atoms with E-state index in [4.69, 9.17) is 4.74 Å². The van der Waals surface area contributed by atoms with Crippen molar-refractivity contribution >= 4 is 22.6 Å². The molecule has 0 unspecified atom stereocenters. The lowest BCUT2D eigenvalue weighted by molar-refractivity contribution is 0.126. The zero-order valence-corrected chi connectivity index (χ0v) is 12.6. The lowest BCUT2D eigenvalue weighted by Gasteiger charge is -2.01. The first-order valence-electron chi connectivity index (χ1n) is 6.08. The van der Waals surface area contributed by atoms with Crippen molar-refractivity contribution in [2.24, 2.45) is 0 Å². The fourth-order valence-corrected chi connectivity index (χ4v) is 1.01. The molecule has 0 amide bonds. The second-order valence-corrected chi connectivity index (χ2v) is 4.35. The molecule has 92 valence electrons. The smallest absolute Gasteiger partial charge is 0.0466 e. The third-order valence-electron chi connectivity index (χ3n) is 1.89. The first-order valence-corrected chi connectivity index (χ1v) is 7.60. The highest BCUT2D eigenvalue weighted by atomic mass is 127. The summed E-state index contributed by atoms with van der Waals surface area (Å²) in [7, 11) is 0. The molecule has 0 heterocycles. The van der Waals surface area contributed by atoms with E-state index in [0.717, 1.165) is 17.6 Å².